The normalized spacial score (nSPS) is 28.4. The molecule has 1 fully saturated rings. The fourth-order valence-corrected chi connectivity index (χ4v) is 5.12. The molecule has 1 aliphatic heterocycles. The van der Waals surface area contributed by atoms with Crippen molar-refractivity contribution in [1.82, 2.24) is 4.98 Å². The summed E-state index contributed by atoms with van der Waals surface area (Å²) >= 11 is 1.54. The molecule has 0 bridgehead atoms. The average Bonchev–Trinajstić information content (AvgIpc) is 2.68. The number of nitrogens with zero attached hydrogens (tertiary/aromatic N) is 1. The first-order valence-corrected chi connectivity index (χ1v) is 7.96. The third kappa shape index (κ3) is 2.01. The maximum Gasteiger partial charge on any atom is 0.152 e. The largest absolute Gasteiger partial charge is 0.319 e. The van der Waals surface area contributed by atoms with Gasteiger partial charge in [0, 0.05) is 4.88 Å². The van der Waals surface area contributed by atoms with E-state index in [-0.39, 0.29) is 11.5 Å². The van der Waals surface area contributed by atoms with Gasteiger partial charge in [0.1, 0.15) is 5.01 Å². The van der Waals surface area contributed by atoms with E-state index in [1.165, 1.54) is 11.3 Å². The Bertz CT molecular complexity index is 507. The van der Waals surface area contributed by atoms with Gasteiger partial charge in [-0.2, -0.15) is 0 Å². The Hall–Kier alpha value is -0.460. The lowest BCUT2D eigenvalue weighted by molar-refractivity contribution is 0.502. The molecule has 1 unspecified atom stereocenters. The van der Waals surface area contributed by atoms with E-state index in [4.69, 9.17) is 5.73 Å². The third-order valence-electron chi connectivity index (χ3n) is 2.99. The highest BCUT2D eigenvalue weighted by atomic mass is 32.2. The number of nitrogens with two attached hydrogens (primary N) is 1. The summed E-state index contributed by atoms with van der Waals surface area (Å²) < 4.78 is 23.0. The van der Waals surface area contributed by atoms with Crippen LogP contribution in [0, 0.1) is 6.92 Å². The quantitative estimate of drug-likeness (QED) is 0.860. The van der Waals surface area contributed by atoms with Crippen molar-refractivity contribution >= 4 is 21.2 Å². The Labute approximate surface area is 99.8 Å². The van der Waals surface area contributed by atoms with E-state index in [9.17, 15) is 8.42 Å². The van der Waals surface area contributed by atoms with Gasteiger partial charge in [-0.3, -0.25) is 0 Å². The minimum atomic E-state index is -2.97. The van der Waals surface area contributed by atoms with Crippen molar-refractivity contribution in [1.29, 1.82) is 0 Å². The molecule has 0 aromatic carbocycles. The number of aromatic nitrogens is 1. The van der Waals surface area contributed by atoms with Crippen LogP contribution in [0.2, 0.25) is 0 Å². The van der Waals surface area contributed by atoms with E-state index < -0.39 is 15.4 Å². The Morgan fingerprint density at radius 3 is 2.69 bits per heavy atom. The number of rotatable bonds is 2. The smallest absolute Gasteiger partial charge is 0.152 e. The number of hydrogen-bond acceptors (Lipinski definition) is 5. The summed E-state index contributed by atoms with van der Waals surface area (Å²) in [6.07, 6.45) is 1.36. The first kappa shape index (κ1) is 12.0. The summed E-state index contributed by atoms with van der Waals surface area (Å²) in [7, 11) is -2.97. The van der Waals surface area contributed by atoms with Crippen LogP contribution >= 0.6 is 11.3 Å². The van der Waals surface area contributed by atoms with Crippen molar-refractivity contribution in [3.05, 3.63) is 15.6 Å². The highest BCUT2D eigenvalue weighted by Gasteiger charge is 2.42. The van der Waals surface area contributed by atoms with Gasteiger partial charge >= 0.3 is 0 Å². The number of aryl methyl sites for hydroxylation is 2. The lowest BCUT2D eigenvalue weighted by Gasteiger charge is -2.18. The van der Waals surface area contributed by atoms with Gasteiger partial charge in [-0.25, -0.2) is 13.4 Å². The molecule has 1 aromatic rings. The molecule has 6 heteroatoms. The summed E-state index contributed by atoms with van der Waals surface area (Å²) in [5.74, 6) is 0.222. The molecule has 0 amide bonds. The van der Waals surface area contributed by atoms with E-state index in [0.29, 0.717) is 6.42 Å². The molecule has 2 rings (SSSR count). The van der Waals surface area contributed by atoms with Crippen LogP contribution in [0.15, 0.2) is 0 Å². The average molecular weight is 260 g/mol. The van der Waals surface area contributed by atoms with Crippen LogP contribution in [-0.2, 0) is 21.8 Å². The fourth-order valence-electron chi connectivity index (χ4n) is 2.01. The van der Waals surface area contributed by atoms with Crippen LogP contribution in [0.4, 0.5) is 0 Å². The summed E-state index contributed by atoms with van der Waals surface area (Å²) in [6, 6.07) is 0. The van der Waals surface area contributed by atoms with Crippen LogP contribution in [0.25, 0.3) is 0 Å². The van der Waals surface area contributed by atoms with Crippen LogP contribution in [-0.4, -0.2) is 24.9 Å². The predicted molar refractivity (Wildman–Crippen MR) is 65.4 cm³/mol. The second-order valence-electron chi connectivity index (χ2n) is 4.37. The molecule has 1 aliphatic rings. The summed E-state index contributed by atoms with van der Waals surface area (Å²) in [4.78, 5) is 5.62. The van der Waals surface area contributed by atoms with Crippen molar-refractivity contribution in [3.8, 4) is 0 Å². The number of sulfone groups is 1. The molecular formula is C10H16N2O2S2. The monoisotopic (exact) mass is 260 g/mol. The second-order valence-corrected chi connectivity index (χ2v) is 7.76. The van der Waals surface area contributed by atoms with E-state index >= 15 is 0 Å². The minimum Gasteiger partial charge on any atom is -0.319 e. The zero-order chi connectivity index (χ0) is 12.0. The molecule has 16 heavy (non-hydrogen) atoms. The Balaban J connectivity index is 2.37. The van der Waals surface area contributed by atoms with Gasteiger partial charge in [-0.05, 0) is 19.8 Å². The standard InChI is InChI=1S/C10H16N2O2S2/c1-3-8-7(2)15-9(12-8)10(11)4-5-16(13,14)6-10/h3-6,11H2,1-2H3. The Morgan fingerprint density at radius 1 is 1.56 bits per heavy atom. The van der Waals surface area contributed by atoms with Crippen LogP contribution in [0.5, 0.6) is 0 Å². The van der Waals surface area contributed by atoms with E-state index in [1.807, 2.05) is 13.8 Å². The lowest BCUT2D eigenvalue weighted by atomic mass is 10.0. The highest BCUT2D eigenvalue weighted by molar-refractivity contribution is 7.91. The predicted octanol–water partition coefficient (Wildman–Crippen LogP) is 0.986. The van der Waals surface area contributed by atoms with E-state index in [0.717, 1.165) is 22.0 Å². The van der Waals surface area contributed by atoms with Gasteiger partial charge in [0.05, 0.1) is 22.7 Å². The summed E-state index contributed by atoms with van der Waals surface area (Å²) in [6.45, 7) is 4.05. The Morgan fingerprint density at radius 2 is 2.25 bits per heavy atom. The van der Waals surface area contributed by atoms with Gasteiger partial charge in [-0.15, -0.1) is 11.3 Å². The van der Waals surface area contributed by atoms with Crippen molar-refractivity contribution in [2.45, 2.75) is 32.2 Å². The summed E-state index contributed by atoms with van der Waals surface area (Å²) in [5.41, 5.74) is 6.45. The molecule has 0 saturated carbocycles. The molecule has 1 aromatic heterocycles. The second kappa shape index (κ2) is 3.78. The molecule has 1 saturated heterocycles. The molecule has 0 aliphatic carbocycles. The van der Waals surface area contributed by atoms with Gasteiger partial charge in [0.15, 0.2) is 9.84 Å². The first-order chi connectivity index (χ1) is 7.36. The lowest BCUT2D eigenvalue weighted by Crippen LogP contribution is -2.37. The third-order valence-corrected chi connectivity index (χ3v) is 6.00. The van der Waals surface area contributed by atoms with E-state index in [1.54, 1.807) is 0 Å². The molecule has 2 N–H and O–H groups in total. The fraction of sp³-hybridized carbons (Fsp3) is 0.700. The highest BCUT2D eigenvalue weighted by Crippen LogP contribution is 2.34. The Kier molecular flexibility index (Phi) is 2.84. The molecule has 2 heterocycles. The van der Waals surface area contributed by atoms with Gasteiger partial charge in [0.25, 0.3) is 0 Å². The van der Waals surface area contributed by atoms with Crippen LogP contribution in [0.1, 0.15) is 28.9 Å². The molecular weight excluding hydrogens is 244 g/mol. The first-order valence-electron chi connectivity index (χ1n) is 5.32. The zero-order valence-electron chi connectivity index (χ0n) is 9.49. The maximum absolute atomic E-state index is 11.5. The molecule has 0 radical (unpaired) electrons. The number of thiazole rings is 1. The van der Waals surface area contributed by atoms with Gasteiger partial charge < -0.3 is 5.73 Å². The number of hydrogen-bond donors (Lipinski definition) is 1. The van der Waals surface area contributed by atoms with Crippen molar-refractivity contribution in [2.24, 2.45) is 5.73 Å². The van der Waals surface area contributed by atoms with E-state index in [2.05, 4.69) is 4.98 Å². The topological polar surface area (TPSA) is 73.0 Å². The molecule has 0 spiro atoms. The van der Waals surface area contributed by atoms with Crippen LogP contribution in [0.3, 0.4) is 0 Å². The SMILES string of the molecule is CCc1nc(C2(N)CCS(=O)(=O)C2)sc1C. The minimum absolute atomic E-state index is 0.0378. The van der Waals surface area contributed by atoms with Gasteiger partial charge in [0.2, 0.25) is 0 Å². The van der Waals surface area contributed by atoms with Crippen molar-refractivity contribution < 1.29 is 8.42 Å². The van der Waals surface area contributed by atoms with Crippen molar-refractivity contribution in [2.75, 3.05) is 11.5 Å². The molecule has 1 atom stereocenters. The van der Waals surface area contributed by atoms with Crippen molar-refractivity contribution in [3.63, 3.8) is 0 Å². The molecule has 4 nitrogen and oxygen atoms in total. The molecule has 90 valence electrons. The maximum atomic E-state index is 11.5. The summed E-state index contributed by atoms with van der Waals surface area (Å²) in [5, 5.41) is 0.780. The van der Waals surface area contributed by atoms with Gasteiger partial charge in [-0.1, -0.05) is 6.92 Å². The van der Waals surface area contributed by atoms with Crippen LogP contribution < -0.4 is 5.73 Å². The zero-order valence-corrected chi connectivity index (χ0v) is 11.1.